The fourth-order valence-corrected chi connectivity index (χ4v) is 4.01. The number of rotatable bonds is 6. The summed E-state index contributed by atoms with van der Waals surface area (Å²) in [5.74, 6) is -0.425. The maximum atomic E-state index is 12.3. The number of carbonyl (C=O) groups is 2. The second-order valence-corrected chi connectivity index (χ2v) is 7.52. The number of aromatic amines is 1. The highest BCUT2D eigenvalue weighted by Gasteiger charge is 2.24. The molecule has 1 aromatic carbocycles. The largest absolute Gasteiger partial charge is 0.493 e. The van der Waals surface area contributed by atoms with Crippen molar-refractivity contribution in [1.29, 1.82) is 0 Å². The van der Waals surface area contributed by atoms with Gasteiger partial charge < -0.3 is 15.4 Å². The molecular formula is C19H21N3O4S. The fourth-order valence-electron chi connectivity index (χ4n) is 3.26. The summed E-state index contributed by atoms with van der Waals surface area (Å²) in [7, 11) is 0. The van der Waals surface area contributed by atoms with Crippen LogP contribution in [0.5, 0.6) is 5.88 Å². The molecule has 0 radical (unpaired) electrons. The third kappa shape index (κ3) is 4.77. The smallest absolute Gasteiger partial charge is 0.258 e. The quantitative estimate of drug-likeness (QED) is 0.399. The zero-order valence-electron chi connectivity index (χ0n) is 14.9. The minimum Gasteiger partial charge on any atom is -0.493 e. The van der Waals surface area contributed by atoms with Crippen molar-refractivity contribution in [1.82, 2.24) is 9.97 Å². The van der Waals surface area contributed by atoms with Crippen molar-refractivity contribution in [2.75, 3.05) is 11.1 Å². The number of benzene rings is 1. The van der Waals surface area contributed by atoms with Crippen molar-refractivity contribution in [2.45, 2.75) is 43.7 Å². The molecule has 0 aliphatic heterocycles. The van der Waals surface area contributed by atoms with Crippen molar-refractivity contribution >= 4 is 29.1 Å². The SMILES string of the molecule is CC(=O)Nc1ccc(C(=O)CSc2nc(O)c(C3CCCC3)c(=O)[nH]2)cc1. The number of thioether (sulfide) groups is 1. The van der Waals surface area contributed by atoms with E-state index in [2.05, 4.69) is 15.3 Å². The van der Waals surface area contributed by atoms with Gasteiger partial charge in [-0.15, -0.1) is 0 Å². The van der Waals surface area contributed by atoms with E-state index in [-0.39, 0.29) is 40.0 Å². The van der Waals surface area contributed by atoms with Gasteiger partial charge in [0, 0.05) is 18.2 Å². The molecule has 0 saturated heterocycles. The molecule has 0 unspecified atom stereocenters. The van der Waals surface area contributed by atoms with Gasteiger partial charge in [0.1, 0.15) is 0 Å². The fraction of sp³-hybridized carbons (Fsp3) is 0.368. The first-order valence-corrected chi connectivity index (χ1v) is 9.79. The summed E-state index contributed by atoms with van der Waals surface area (Å²) >= 11 is 1.07. The molecule has 0 atom stereocenters. The lowest BCUT2D eigenvalue weighted by atomic mass is 10.0. The number of Topliss-reactive ketones (excluding diaryl/α,β-unsaturated/α-hetero) is 1. The average Bonchev–Trinajstić information content (AvgIpc) is 3.13. The molecule has 1 aliphatic carbocycles. The number of nitrogens with zero attached hydrogens (tertiary/aromatic N) is 1. The van der Waals surface area contributed by atoms with Gasteiger partial charge >= 0.3 is 0 Å². The monoisotopic (exact) mass is 387 g/mol. The summed E-state index contributed by atoms with van der Waals surface area (Å²) in [5.41, 5.74) is 1.14. The van der Waals surface area contributed by atoms with Crippen LogP contribution in [0.1, 0.15) is 54.4 Å². The highest BCUT2D eigenvalue weighted by molar-refractivity contribution is 7.99. The lowest BCUT2D eigenvalue weighted by Crippen LogP contribution is -2.17. The highest BCUT2D eigenvalue weighted by Crippen LogP contribution is 2.35. The number of nitrogens with one attached hydrogen (secondary N) is 2. The first kappa shape index (κ1) is 19.2. The van der Waals surface area contributed by atoms with E-state index < -0.39 is 0 Å². The summed E-state index contributed by atoms with van der Waals surface area (Å²) < 4.78 is 0. The first-order valence-electron chi connectivity index (χ1n) is 8.81. The van der Waals surface area contributed by atoms with Gasteiger partial charge in [0.2, 0.25) is 11.8 Å². The number of hydrogen-bond donors (Lipinski definition) is 3. The van der Waals surface area contributed by atoms with Crippen molar-refractivity contribution in [3.05, 3.63) is 45.7 Å². The summed E-state index contributed by atoms with van der Waals surface area (Å²) in [6, 6.07) is 6.57. The van der Waals surface area contributed by atoms with Crippen molar-refractivity contribution in [3.63, 3.8) is 0 Å². The lowest BCUT2D eigenvalue weighted by Gasteiger charge is -2.10. The topological polar surface area (TPSA) is 112 Å². The molecule has 1 fully saturated rings. The van der Waals surface area contributed by atoms with Gasteiger partial charge in [0.05, 0.1) is 11.3 Å². The van der Waals surface area contributed by atoms with Crippen LogP contribution >= 0.6 is 11.8 Å². The van der Waals surface area contributed by atoms with Crippen LogP contribution < -0.4 is 10.9 Å². The van der Waals surface area contributed by atoms with E-state index in [0.29, 0.717) is 16.8 Å². The Bertz CT molecular complexity index is 902. The number of anilines is 1. The number of amides is 1. The van der Waals surface area contributed by atoms with Crippen LogP contribution in [-0.4, -0.2) is 32.5 Å². The van der Waals surface area contributed by atoms with E-state index in [9.17, 15) is 19.5 Å². The van der Waals surface area contributed by atoms with E-state index in [4.69, 9.17) is 0 Å². The highest BCUT2D eigenvalue weighted by atomic mass is 32.2. The minimum absolute atomic E-state index is 0.0593. The Labute approximate surface area is 160 Å². The van der Waals surface area contributed by atoms with Crippen LogP contribution in [0.4, 0.5) is 5.69 Å². The molecule has 7 nitrogen and oxygen atoms in total. The number of ketones is 1. The number of hydrogen-bond acceptors (Lipinski definition) is 6. The van der Waals surface area contributed by atoms with Crippen LogP contribution in [0, 0.1) is 0 Å². The Hall–Kier alpha value is -2.61. The molecule has 1 amide bonds. The van der Waals surface area contributed by atoms with Gasteiger partial charge in [0.25, 0.3) is 5.56 Å². The third-order valence-corrected chi connectivity index (χ3v) is 5.42. The Morgan fingerprint density at radius 3 is 2.52 bits per heavy atom. The molecule has 2 aromatic rings. The van der Waals surface area contributed by atoms with E-state index in [1.807, 2.05) is 0 Å². The molecule has 0 bridgehead atoms. The zero-order valence-corrected chi connectivity index (χ0v) is 15.8. The van der Waals surface area contributed by atoms with Gasteiger partial charge in [-0.05, 0) is 43.0 Å². The van der Waals surface area contributed by atoms with Crippen LogP contribution in [0.15, 0.2) is 34.2 Å². The van der Waals surface area contributed by atoms with E-state index in [1.165, 1.54) is 6.92 Å². The molecular weight excluding hydrogens is 366 g/mol. The second kappa shape index (κ2) is 8.39. The van der Waals surface area contributed by atoms with Crippen molar-refractivity contribution in [2.24, 2.45) is 0 Å². The average molecular weight is 387 g/mol. The van der Waals surface area contributed by atoms with Gasteiger partial charge in [0.15, 0.2) is 10.9 Å². The normalized spacial score (nSPS) is 14.3. The molecule has 3 rings (SSSR count). The minimum atomic E-state index is -0.330. The maximum Gasteiger partial charge on any atom is 0.258 e. The van der Waals surface area contributed by atoms with Gasteiger partial charge in [-0.3, -0.25) is 14.4 Å². The molecule has 1 saturated carbocycles. The van der Waals surface area contributed by atoms with Crippen molar-refractivity contribution in [3.8, 4) is 5.88 Å². The molecule has 8 heteroatoms. The molecule has 1 heterocycles. The van der Waals surface area contributed by atoms with Crippen LogP contribution in [0.2, 0.25) is 0 Å². The number of carbonyl (C=O) groups excluding carboxylic acids is 2. The Morgan fingerprint density at radius 1 is 1.26 bits per heavy atom. The lowest BCUT2D eigenvalue weighted by molar-refractivity contribution is -0.114. The van der Waals surface area contributed by atoms with Crippen LogP contribution in [0.3, 0.4) is 0 Å². The molecule has 3 N–H and O–H groups in total. The number of aromatic nitrogens is 2. The molecule has 1 aliphatic rings. The standard InChI is InChI=1S/C19H21N3O4S/c1-11(23)20-14-8-6-12(7-9-14)15(24)10-27-19-21-17(25)16(18(26)22-19)13-4-2-3-5-13/h6-9,13H,2-5,10H2,1H3,(H,20,23)(H2,21,22,25,26). The zero-order chi connectivity index (χ0) is 19.4. The Balaban J connectivity index is 1.65. The van der Waals surface area contributed by atoms with Crippen LogP contribution in [-0.2, 0) is 4.79 Å². The number of aromatic hydroxyl groups is 1. The van der Waals surface area contributed by atoms with Gasteiger partial charge in [-0.2, -0.15) is 4.98 Å². The molecule has 27 heavy (non-hydrogen) atoms. The van der Waals surface area contributed by atoms with Crippen LogP contribution in [0.25, 0.3) is 0 Å². The predicted molar refractivity (Wildman–Crippen MR) is 104 cm³/mol. The summed E-state index contributed by atoms with van der Waals surface area (Å²) in [5, 5.41) is 13.0. The van der Waals surface area contributed by atoms with Gasteiger partial charge in [-0.25, -0.2) is 0 Å². The molecule has 1 aromatic heterocycles. The number of H-pyrrole nitrogens is 1. The first-order chi connectivity index (χ1) is 12.9. The molecule has 142 valence electrons. The summed E-state index contributed by atoms with van der Waals surface area (Å²) in [6.45, 7) is 1.41. The van der Waals surface area contributed by atoms with Crippen molar-refractivity contribution < 1.29 is 14.7 Å². The summed E-state index contributed by atoms with van der Waals surface area (Å²) in [6.07, 6.45) is 3.88. The maximum absolute atomic E-state index is 12.3. The Kier molecular flexibility index (Phi) is 5.95. The van der Waals surface area contributed by atoms with E-state index in [0.717, 1.165) is 37.4 Å². The van der Waals surface area contributed by atoms with E-state index in [1.54, 1.807) is 24.3 Å². The summed E-state index contributed by atoms with van der Waals surface area (Å²) in [4.78, 5) is 42.3. The molecule has 0 spiro atoms. The second-order valence-electron chi connectivity index (χ2n) is 6.56. The Morgan fingerprint density at radius 2 is 1.93 bits per heavy atom. The predicted octanol–water partition coefficient (Wildman–Crippen LogP) is 3.07. The van der Waals surface area contributed by atoms with Gasteiger partial charge in [-0.1, -0.05) is 24.6 Å². The van der Waals surface area contributed by atoms with E-state index >= 15 is 0 Å². The third-order valence-electron chi connectivity index (χ3n) is 4.54.